The number of nitrogens with zero attached hydrogens (tertiary/aromatic N) is 3. The van der Waals surface area contributed by atoms with Gasteiger partial charge in [0.25, 0.3) is 5.56 Å². The zero-order valence-electron chi connectivity index (χ0n) is 14.2. The summed E-state index contributed by atoms with van der Waals surface area (Å²) in [6.07, 6.45) is 0. The standard InChI is InChI=1S/C18H18FN3O3/c1-10(2)22-16(23)7-5-14(20-22)18-11(3)21(9-17(24)25)15-6-4-12(19)8-13(15)18/h4-8,10H,9H2,1-3H3,(H,24,25). The third kappa shape index (κ3) is 2.93. The minimum absolute atomic E-state index is 0.128. The molecule has 2 heterocycles. The molecule has 130 valence electrons. The number of fused-ring (bicyclic) bond motifs is 1. The van der Waals surface area contributed by atoms with E-state index in [1.807, 2.05) is 13.8 Å². The van der Waals surface area contributed by atoms with Crippen LogP contribution in [-0.4, -0.2) is 25.4 Å². The van der Waals surface area contributed by atoms with Crippen LogP contribution in [0.2, 0.25) is 0 Å². The first kappa shape index (κ1) is 16.9. The van der Waals surface area contributed by atoms with Crippen LogP contribution < -0.4 is 5.56 Å². The first-order chi connectivity index (χ1) is 11.8. The summed E-state index contributed by atoms with van der Waals surface area (Å²) < 4.78 is 16.8. The van der Waals surface area contributed by atoms with Crippen molar-refractivity contribution in [3.63, 3.8) is 0 Å². The van der Waals surface area contributed by atoms with Gasteiger partial charge in [-0.2, -0.15) is 5.10 Å². The van der Waals surface area contributed by atoms with E-state index < -0.39 is 11.8 Å². The van der Waals surface area contributed by atoms with Gasteiger partial charge in [0, 0.05) is 28.2 Å². The van der Waals surface area contributed by atoms with Gasteiger partial charge in [-0.15, -0.1) is 0 Å². The lowest BCUT2D eigenvalue weighted by Gasteiger charge is -2.10. The van der Waals surface area contributed by atoms with Crippen LogP contribution in [-0.2, 0) is 11.3 Å². The molecule has 7 heteroatoms. The van der Waals surface area contributed by atoms with Crippen LogP contribution in [0.1, 0.15) is 25.6 Å². The number of rotatable bonds is 4. The Morgan fingerprint density at radius 2 is 2.00 bits per heavy atom. The molecule has 1 aromatic carbocycles. The summed E-state index contributed by atoms with van der Waals surface area (Å²) >= 11 is 0. The minimum atomic E-state index is -0.990. The van der Waals surface area contributed by atoms with Crippen molar-refractivity contribution in [1.82, 2.24) is 14.3 Å². The van der Waals surface area contributed by atoms with Crippen molar-refractivity contribution in [3.8, 4) is 11.3 Å². The van der Waals surface area contributed by atoms with Crippen LogP contribution in [0.15, 0.2) is 35.1 Å². The van der Waals surface area contributed by atoms with E-state index in [2.05, 4.69) is 5.10 Å². The summed E-state index contributed by atoms with van der Waals surface area (Å²) in [5, 5.41) is 14.1. The van der Waals surface area contributed by atoms with E-state index in [1.54, 1.807) is 23.6 Å². The molecule has 0 atom stereocenters. The van der Waals surface area contributed by atoms with E-state index >= 15 is 0 Å². The smallest absolute Gasteiger partial charge is 0.323 e. The molecule has 0 radical (unpaired) electrons. The highest BCUT2D eigenvalue weighted by molar-refractivity contribution is 5.97. The van der Waals surface area contributed by atoms with Gasteiger partial charge in [-0.1, -0.05) is 0 Å². The lowest BCUT2D eigenvalue weighted by Crippen LogP contribution is -2.24. The van der Waals surface area contributed by atoms with Crippen molar-refractivity contribution in [2.75, 3.05) is 0 Å². The second kappa shape index (κ2) is 6.16. The fourth-order valence-electron chi connectivity index (χ4n) is 3.05. The molecular formula is C18H18FN3O3. The van der Waals surface area contributed by atoms with Crippen molar-refractivity contribution < 1.29 is 14.3 Å². The van der Waals surface area contributed by atoms with Crippen LogP contribution in [0.25, 0.3) is 22.2 Å². The normalized spacial score (nSPS) is 11.4. The minimum Gasteiger partial charge on any atom is -0.480 e. The number of hydrogen-bond acceptors (Lipinski definition) is 3. The third-order valence-corrected chi connectivity index (χ3v) is 4.15. The van der Waals surface area contributed by atoms with Gasteiger partial charge in [0.05, 0.1) is 11.7 Å². The van der Waals surface area contributed by atoms with Gasteiger partial charge in [0.2, 0.25) is 0 Å². The third-order valence-electron chi connectivity index (χ3n) is 4.15. The van der Waals surface area contributed by atoms with Gasteiger partial charge in [-0.25, -0.2) is 9.07 Å². The maximum absolute atomic E-state index is 13.8. The van der Waals surface area contributed by atoms with Crippen LogP contribution in [0.3, 0.4) is 0 Å². The molecule has 0 saturated heterocycles. The second-order valence-corrected chi connectivity index (χ2v) is 6.20. The monoisotopic (exact) mass is 343 g/mol. The lowest BCUT2D eigenvalue weighted by molar-refractivity contribution is -0.137. The lowest BCUT2D eigenvalue weighted by atomic mass is 10.1. The molecule has 0 aliphatic heterocycles. The van der Waals surface area contributed by atoms with Gasteiger partial charge in [-0.3, -0.25) is 9.59 Å². The molecule has 3 rings (SSSR count). The Morgan fingerprint density at radius 1 is 1.28 bits per heavy atom. The van der Waals surface area contributed by atoms with E-state index in [9.17, 15) is 19.1 Å². The topological polar surface area (TPSA) is 77.1 Å². The molecule has 0 amide bonds. The van der Waals surface area contributed by atoms with Gasteiger partial charge < -0.3 is 9.67 Å². The Bertz CT molecular complexity index is 1030. The first-order valence-electron chi connectivity index (χ1n) is 7.90. The van der Waals surface area contributed by atoms with Crippen molar-refractivity contribution >= 4 is 16.9 Å². The summed E-state index contributed by atoms with van der Waals surface area (Å²) in [5.41, 5.74) is 2.18. The summed E-state index contributed by atoms with van der Waals surface area (Å²) in [6.45, 7) is 5.22. The Labute approximate surface area is 143 Å². The van der Waals surface area contributed by atoms with Gasteiger partial charge in [0.1, 0.15) is 12.4 Å². The predicted octanol–water partition coefficient (Wildman–Crippen LogP) is 2.98. The molecular weight excluding hydrogens is 325 g/mol. The van der Waals surface area contributed by atoms with E-state index in [4.69, 9.17) is 0 Å². The van der Waals surface area contributed by atoms with Gasteiger partial charge in [0.15, 0.2) is 0 Å². The summed E-state index contributed by atoms with van der Waals surface area (Å²) in [5.74, 6) is -1.41. The molecule has 3 aromatic rings. The van der Waals surface area contributed by atoms with Crippen LogP contribution in [0.5, 0.6) is 0 Å². The second-order valence-electron chi connectivity index (χ2n) is 6.20. The Balaban J connectivity index is 2.34. The number of halogens is 1. The van der Waals surface area contributed by atoms with E-state index in [0.29, 0.717) is 27.9 Å². The number of aliphatic carboxylic acids is 1. The number of carboxylic acid groups (broad SMARTS) is 1. The van der Waals surface area contributed by atoms with E-state index in [1.165, 1.54) is 22.9 Å². The van der Waals surface area contributed by atoms with E-state index in [-0.39, 0.29) is 18.1 Å². The largest absolute Gasteiger partial charge is 0.480 e. The number of hydrogen-bond donors (Lipinski definition) is 1. The van der Waals surface area contributed by atoms with Crippen LogP contribution in [0, 0.1) is 12.7 Å². The highest BCUT2D eigenvalue weighted by Crippen LogP contribution is 2.33. The van der Waals surface area contributed by atoms with Crippen molar-refractivity contribution in [2.45, 2.75) is 33.4 Å². The Kier molecular flexibility index (Phi) is 4.16. The quantitative estimate of drug-likeness (QED) is 0.790. The molecule has 0 fully saturated rings. The summed E-state index contributed by atoms with van der Waals surface area (Å²) in [6, 6.07) is 7.09. The number of aromatic nitrogens is 3. The van der Waals surface area contributed by atoms with Crippen molar-refractivity contribution in [1.29, 1.82) is 0 Å². The maximum Gasteiger partial charge on any atom is 0.323 e. The molecule has 0 aliphatic carbocycles. The number of benzene rings is 1. The maximum atomic E-state index is 13.8. The number of carbonyl (C=O) groups is 1. The molecule has 2 aromatic heterocycles. The van der Waals surface area contributed by atoms with Crippen molar-refractivity contribution in [3.05, 3.63) is 52.2 Å². The summed E-state index contributed by atoms with van der Waals surface area (Å²) in [4.78, 5) is 23.2. The molecule has 0 spiro atoms. The van der Waals surface area contributed by atoms with Gasteiger partial charge in [-0.05, 0) is 45.0 Å². The fraction of sp³-hybridized carbons (Fsp3) is 0.278. The average molecular weight is 343 g/mol. The molecule has 0 bridgehead atoms. The van der Waals surface area contributed by atoms with Gasteiger partial charge >= 0.3 is 5.97 Å². The average Bonchev–Trinajstić information content (AvgIpc) is 2.79. The first-order valence-corrected chi connectivity index (χ1v) is 7.90. The molecule has 0 aliphatic rings. The zero-order chi connectivity index (χ0) is 18.3. The Morgan fingerprint density at radius 3 is 2.64 bits per heavy atom. The zero-order valence-corrected chi connectivity index (χ0v) is 14.2. The fourth-order valence-corrected chi connectivity index (χ4v) is 3.05. The molecule has 1 N–H and O–H groups in total. The Hall–Kier alpha value is -2.96. The van der Waals surface area contributed by atoms with E-state index in [0.717, 1.165) is 0 Å². The SMILES string of the molecule is Cc1c(-c2ccc(=O)n(C(C)C)n2)c2cc(F)ccc2n1CC(=O)O. The molecule has 6 nitrogen and oxygen atoms in total. The van der Waals surface area contributed by atoms with Crippen LogP contribution in [0.4, 0.5) is 4.39 Å². The predicted molar refractivity (Wildman–Crippen MR) is 92.1 cm³/mol. The molecule has 0 unspecified atom stereocenters. The highest BCUT2D eigenvalue weighted by atomic mass is 19.1. The highest BCUT2D eigenvalue weighted by Gasteiger charge is 2.19. The van der Waals surface area contributed by atoms with Crippen molar-refractivity contribution in [2.24, 2.45) is 0 Å². The molecule has 25 heavy (non-hydrogen) atoms. The summed E-state index contributed by atoms with van der Waals surface area (Å²) in [7, 11) is 0. The van der Waals surface area contributed by atoms with Crippen LogP contribution >= 0.6 is 0 Å². The molecule has 0 saturated carbocycles. The number of carboxylic acids is 1.